The van der Waals surface area contributed by atoms with Gasteiger partial charge < -0.3 is 29.8 Å². The van der Waals surface area contributed by atoms with E-state index >= 15 is 0 Å². The molecule has 9 heteroatoms. The van der Waals surface area contributed by atoms with E-state index in [1.54, 1.807) is 24.3 Å². The highest BCUT2D eigenvalue weighted by Crippen LogP contribution is 2.32. The second-order valence-electron chi connectivity index (χ2n) is 8.34. The number of hydrogen-bond donors (Lipinski definition) is 3. The van der Waals surface area contributed by atoms with Gasteiger partial charge in [0.25, 0.3) is 17.8 Å². The molecule has 1 saturated heterocycles. The van der Waals surface area contributed by atoms with Crippen LogP contribution >= 0.6 is 0 Å². The maximum Gasteiger partial charge on any atom is 0.300 e. The van der Waals surface area contributed by atoms with E-state index in [9.17, 15) is 9.59 Å². The Labute approximate surface area is 207 Å². The van der Waals surface area contributed by atoms with Gasteiger partial charge in [-0.2, -0.15) is 4.98 Å². The molecule has 1 fully saturated rings. The highest BCUT2D eigenvalue weighted by molar-refractivity contribution is 5.96. The van der Waals surface area contributed by atoms with Crippen LogP contribution in [0.25, 0.3) is 22.2 Å². The molecular weight excluding hydrogens is 460 g/mol. The van der Waals surface area contributed by atoms with E-state index in [-0.39, 0.29) is 25.0 Å². The Morgan fingerprint density at radius 2 is 1.67 bits per heavy atom. The number of benzene rings is 3. The number of aliphatic hydroxyl groups is 1. The average Bonchev–Trinajstić information content (AvgIpc) is 3.35. The minimum absolute atomic E-state index is 0.00565. The van der Waals surface area contributed by atoms with Crippen LogP contribution < -0.4 is 10.6 Å². The van der Waals surface area contributed by atoms with Crippen molar-refractivity contribution in [2.24, 2.45) is 0 Å². The minimum atomic E-state index is -0.250. The summed E-state index contributed by atoms with van der Waals surface area (Å²) in [6.07, 6.45) is 0. The normalized spacial score (nSPS) is 13.5. The number of nitrogens with zero attached hydrogens (tertiary/aromatic N) is 2. The zero-order chi connectivity index (χ0) is 24.9. The molecule has 0 unspecified atom stereocenters. The Kier molecular flexibility index (Phi) is 6.92. The van der Waals surface area contributed by atoms with Crippen molar-refractivity contribution in [1.82, 2.24) is 15.2 Å². The number of amides is 2. The van der Waals surface area contributed by atoms with Crippen LogP contribution in [0.5, 0.6) is 0 Å². The Bertz CT molecular complexity index is 1360. The molecule has 5 rings (SSSR count). The molecule has 0 bridgehead atoms. The third-order valence-corrected chi connectivity index (χ3v) is 5.95. The first kappa shape index (κ1) is 23.5. The Balaban J connectivity index is 1.33. The quantitative estimate of drug-likeness (QED) is 0.366. The van der Waals surface area contributed by atoms with Crippen LogP contribution in [0, 0.1) is 0 Å². The van der Waals surface area contributed by atoms with Crippen LogP contribution in [0.3, 0.4) is 0 Å². The molecular formula is C27H26N4O5. The molecule has 0 aliphatic carbocycles. The standard InChI is InChI=1S/C27H26N4O5/c32-15-12-28-25(33)19-8-10-21(11-9-19)29-27-30-23-3-1-2-22(24(23)36-27)18-4-6-20(7-5-18)26(34)31-13-16-35-17-14-31/h1-11,32H,12-17H2,(H,28,33)(H,29,30). The maximum atomic E-state index is 12.7. The predicted molar refractivity (Wildman–Crippen MR) is 135 cm³/mol. The number of hydrogen-bond acceptors (Lipinski definition) is 7. The summed E-state index contributed by atoms with van der Waals surface area (Å²) in [7, 11) is 0. The summed E-state index contributed by atoms with van der Waals surface area (Å²) in [6.45, 7) is 2.44. The number of aromatic nitrogens is 1. The van der Waals surface area contributed by atoms with Crippen LogP contribution in [0.4, 0.5) is 11.7 Å². The largest absolute Gasteiger partial charge is 0.423 e. The van der Waals surface area contributed by atoms with E-state index in [1.165, 1.54) is 0 Å². The molecule has 4 aromatic rings. The highest BCUT2D eigenvalue weighted by Gasteiger charge is 2.19. The zero-order valence-electron chi connectivity index (χ0n) is 19.6. The topological polar surface area (TPSA) is 117 Å². The molecule has 1 aromatic heterocycles. The molecule has 3 N–H and O–H groups in total. The summed E-state index contributed by atoms with van der Waals surface area (Å²) in [5, 5.41) is 14.6. The number of fused-ring (bicyclic) bond motifs is 1. The molecule has 1 aliphatic rings. The number of rotatable bonds is 7. The fourth-order valence-electron chi connectivity index (χ4n) is 4.07. The highest BCUT2D eigenvalue weighted by atomic mass is 16.5. The second kappa shape index (κ2) is 10.6. The number of ether oxygens (including phenoxy) is 1. The fraction of sp³-hybridized carbons (Fsp3) is 0.222. The molecule has 0 radical (unpaired) electrons. The van der Waals surface area contributed by atoms with Crippen LogP contribution in [0.15, 0.2) is 71.1 Å². The van der Waals surface area contributed by atoms with Crippen molar-refractivity contribution >= 4 is 34.6 Å². The predicted octanol–water partition coefficient (Wildman–Crippen LogP) is 3.43. The van der Waals surface area contributed by atoms with Gasteiger partial charge in [-0.05, 0) is 48.0 Å². The van der Waals surface area contributed by atoms with Crippen molar-refractivity contribution < 1.29 is 23.8 Å². The monoisotopic (exact) mass is 486 g/mol. The lowest BCUT2D eigenvalue weighted by Gasteiger charge is -2.26. The second-order valence-corrected chi connectivity index (χ2v) is 8.34. The van der Waals surface area contributed by atoms with Gasteiger partial charge in [0.05, 0.1) is 19.8 Å². The van der Waals surface area contributed by atoms with Crippen molar-refractivity contribution in [3.05, 3.63) is 77.9 Å². The van der Waals surface area contributed by atoms with Crippen LogP contribution in [0.1, 0.15) is 20.7 Å². The van der Waals surface area contributed by atoms with E-state index in [1.807, 2.05) is 47.4 Å². The van der Waals surface area contributed by atoms with Gasteiger partial charge in [-0.1, -0.05) is 24.3 Å². The molecule has 0 spiro atoms. The number of para-hydroxylation sites is 1. The maximum absolute atomic E-state index is 12.7. The molecule has 3 aromatic carbocycles. The first-order valence-electron chi connectivity index (χ1n) is 11.8. The zero-order valence-corrected chi connectivity index (χ0v) is 19.6. The molecule has 0 atom stereocenters. The molecule has 1 aliphatic heterocycles. The van der Waals surface area contributed by atoms with Gasteiger partial charge in [-0.25, -0.2) is 0 Å². The summed E-state index contributed by atoms with van der Waals surface area (Å²) in [5.74, 6) is -0.245. The molecule has 2 amide bonds. The summed E-state index contributed by atoms with van der Waals surface area (Å²) in [6, 6.07) is 20.4. The van der Waals surface area contributed by atoms with Gasteiger partial charge in [0.1, 0.15) is 5.52 Å². The van der Waals surface area contributed by atoms with Crippen molar-refractivity contribution in [2.75, 3.05) is 44.8 Å². The van der Waals surface area contributed by atoms with Crippen LogP contribution in [-0.2, 0) is 4.74 Å². The van der Waals surface area contributed by atoms with E-state index in [0.29, 0.717) is 60.2 Å². The van der Waals surface area contributed by atoms with Gasteiger partial charge in [-0.15, -0.1) is 0 Å². The fourth-order valence-corrected chi connectivity index (χ4v) is 4.07. The molecule has 9 nitrogen and oxygen atoms in total. The Hall–Kier alpha value is -4.21. The SMILES string of the molecule is O=C(NCCO)c1ccc(Nc2nc3cccc(-c4ccc(C(=O)N5CCOCC5)cc4)c3o2)cc1. The number of anilines is 2. The number of carbonyl (C=O) groups is 2. The molecule has 184 valence electrons. The van der Waals surface area contributed by atoms with Crippen molar-refractivity contribution in [1.29, 1.82) is 0 Å². The lowest BCUT2D eigenvalue weighted by molar-refractivity contribution is 0.0303. The van der Waals surface area contributed by atoms with Gasteiger partial charge in [0.15, 0.2) is 5.58 Å². The van der Waals surface area contributed by atoms with E-state index in [2.05, 4.69) is 15.6 Å². The van der Waals surface area contributed by atoms with Crippen molar-refractivity contribution in [3.8, 4) is 11.1 Å². The first-order valence-corrected chi connectivity index (χ1v) is 11.8. The summed E-state index contributed by atoms with van der Waals surface area (Å²) >= 11 is 0. The number of carbonyl (C=O) groups excluding carboxylic acids is 2. The lowest BCUT2D eigenvalue weighted by Crippen LogP contribution is -2.40. The van der Waals surface area contributed by atoms with Crippen LogP contribution in [0.2, 0.25) is 0 Å². The average molecular weight is 487 g/mol. The van der Waals surface area contributed by atoms with Crippen molar-refractivity contribution in [2.45, 2.75) is 0 Å². The Morgan fingerprint density at radius 1 is 0.944 bits per heavy atom. The third kappa shape index (κ3) is 5.07. The van der Waals surface area contributed by atoms with Gasteiger partial charge in [0, 0.05) is 42.0 Å². The summed E-state index contributed by atoms with van der Waals surface area (Å²) in [4.78, 5) is 31.1. The van der Waals surface area contributed by atoms with Gasteiger partial charge in [-0.3, -0.25) is 9.59 Å². The van der Waals surface area contributed by atoms with Gasteiger partial charge in [0.2, 0.25) is 0 Å². The summed E-state index contributed by atoms with van der Waals surface area (Å²) in [5.41, 5.74) is 4.96. The number of aliphatic hydroxyl groups excluding tert-OH is 1. The van der Waals surface area contributed by atoms with E-state index in [0.717, 1.165) is 11.1 Å². The lowest BCUT2D eigenvalue weighted by atomic mass is 10.0. The molecule has 2 heterocycles. The smallest absolute Gasteiger partial charge is 0.300 e. The third-order valence-electron chi connectivity index (χ3n) is 5.95. The first-order chi connectivity index (χ1) is 17.6. The molecule has 36 heavy (non-hydrogen) atoms. The van der Waals surface area contributed by atoms with E-state index in [4.69, 9.17) is 14.3 Å². The molecule has 0 saturated carbocycles. The van der Waals surface area contributed by atoms with Crippen LogP contribution in [-0.4, -0.2) is 66.3 Å². The number of nitrogens with one attached hydrogen (secondary N) is 2. The summed E-state index contributed by atoms with van der Waals surface area (Å²) < 4.78 is 11.4. The minimum Gasteiger partial charge on any atom is -0.423 e. The number of morpholine rings is 1. The Morgan fingerprint density at radius 3 is 2.39 bits per heavy atom. The van der Waals surface area contributed by atoms with Gasteiger partial charge >= 0.3 is 0 Å². The van der Waals surface area contributed by atoms with Crippen molar-refractivity contribution in [3.63, 3.8) is 0 Å². The van der Waals surface area contributed by atoms with E-state index < -0.39 is 0 Å². The number of oxazole rings is 1.